The van der Waals surface area contributed by atoms with Crippen LogP contribution in [0.15, 0.2) is 0 Å². The standard InChI is InChI=1S/C10H14N4O4/c1-13(4-2-3-11)10(18)14-6-8(15)12-5-7(14)9(16)17/h7H,2,4-6H2,1H3,(H,12,15)(H,16,17). The molecule has 8 nitrogen and oxygen atoms in total. The van der Waals surface area contributed by atoms with Crippen LogP contribution in [0.2, 0.25) is 0 Å². The van der Waals surface area contributed by atoms with E-state index in [1.807, 2.05) is 6.07 Å². The van der Waals surface area contributed by atoms with Crippen LogP contribution in [-0.4, -0.2) is 65.5 Å². The van der Waals surface area contributed by atoms with Gasteiger partial charge in [-0.15, -0.1) is 0 Å². The van der Waals surface area contributed by atoms with Crippen molar-refractivity contribution < 1.29 is 19.5 Å². The molecular formula is C10H14N4O4. The van der Waals surface area contributed by atoms with E-state index in [1.54, 1.807) is 0 Å². The van der Waals surface area contributed by atoms with Gasteiger partial charge in [-0.1, -0.05) is 0 Å². The van der Waals surface area contributed by atoms with Crippen molar-refractivity contribution in [1.29, 1.82) is 5.26 Å². The van der Waals surface area contributed by atoms with Crippen LogP contribution < -0.4 is 5.32 Å². The number of aliphatic carboxylic acids is 1. The molecule has 0 radical (unpaired) electrons. The summed E-state index contributed by atoms with van der Waals surface area (Å²) in [7, 11) is 1.46. The maximum Gasteiger partial charge on any atom is 0.328 e. The van der Waals surface area contributed by atoms with Crippen LogP contribution in [-0.2, 0) is 9.59 Å². The van der Waals surface area contributed by atoms with Crippen molar-refractivity contribution in [3.8, 4) is 6.07 Å². The summed E-state index contributed by atoms with van der Waals surface area (Å²) < 4.78 is 0. The van der Waals surface area contributed by atoms with Crippen LogP contribution in [0.25, 0.3) is 0 Å². The molecule has 0 saturated carbocycles. The average Bonchev–Trinajstić information content (AvgIpc) is 2.34. The largest absolute Gasteiger partial charge is 0.480 e. The summed E-state index contributed by atoms with van der Waals surface area (Å²) in [5.74, 6) is -1.56. The highest BCUT2D eigenvalue weighted by molar-refractivity contribution is 5.90. The molecule has 0 bridgehead atoms. The van der Waals surface area contributed by atoms with Crippen molar-refractivity contribution in [2.45, 2.75) is 12.5 Å². The molecule has 0 aromatic heterocycles. The van der Waals surface area contributed by atoms with Crippen LogP contribution >= 0.6 is 0 Å². The summed E-state index contributed by atoms with van der Waals surface area (Å²) in [6, 6.07) is 0.259. The van der Waals surface area contributed by atoms with Crippen molar-refractivity contribution >= 4 is 17.9 Å². The van der Waals surface area contributed by atoms with Gasteiger partial charge in [0.1, 0.15) is 12.6 Å². The SMILES string of the molecule is CN(CCC#N)C(=O)N1CC(=O)NCC1C(=O)O. The van der Waals surface area contributed by atoms with E-state index in [2.05, 4.69) is 5.32 Å². The van der Waals surface area contributed by atoms with E-state index in [4.69, 9.17) is 10.4 Å². The van der Waals surface area contributed by atoms with E-state index in [0.717, 1.165) is 4.90 Å². The van der Waals surface area contributed by atoms with Gasteiger partial charge in [0.05, 0.1) is 12.5 Å². The number of carbonyl (C=O) groups is 3. The van der Waals surface area contributed by atoms with Gasteiger partial charge in [-0.3, -0.25) is 9.69 Å². The van der Waals surface area contributed by atoms with Crippen molar-refractivity contribution in [3.05, 3.63) is 0 Å². The minimum atomic E-state index is -1.17. The van der Waals surface area contributed by atoms with E-state index >= 15 is 0 Å². The fraction of sp³-hybridized carbons (Fsp3) is 0.600. The first-order chi connectivity index (χ1) is 8.47. The van der Waals surface area contributed by atoms with Gasteiger partial charge in [-0.05, 0) is 0 Å². The van der Waals surface area contributed by atoms with Crippen molar-refractivity contribution in [3.63, 3.8) is 0 Å². The molecule has 1 fully saturated rings. The lowest BCUT2D eigenvalue weighted by atomic mass is 10.2. The van der Waals surface area contributed by atoms with E-state index in [0.29, 0.717) is 0 Å². The number of piperazine rings is 1. The summed E-state index contributed by atoms with van der Waals surface area (Å²) in [6.07, 6.45) is 0.153. The van der Waals surface area contributed by atoms with Crippen molar-refractivity contribution in [2.24, 2.45) is 0 Å². The number of hydrogen-bond donors (Lipinski definition) is 2. The van der Waals surface area contributed by atoms with Crippen LogP contribution in [0.5, 0.6) is 0 Å². The molecule has 1 saturated heterocycles. The first-order valence-corrected chi connectivity index (χ1v) is 5.35. The Morgan fingerprint density at radius 1 is 1.67 bits per heavy atom. The molecule has 1 heterocycles. The van der Waals surface area contributed by atoms with Gasteiger partial charge in [0.25, 0.3) is 0 Å². The Hall–Kier alpha value is -2.30. The van der Waals surface area contributed by atoms with E-state index in [-0.39, 0.29) is 26.1 Å². The lowest BCUT2D eigenvalue weighted by Gasteiger charge is -2.35. The highest BCUT2D eigenvalue weighted by Crippen LogP contribution is 2.08. The molecule has 0 aromatic rings. The fourth-order valence-electron chi connectivity index (χ4n) is 1.60. The third-order valence-electron chi connectivity index (χ3n) is 2.60. The maximum absolute atomic E-state index is 12.0. The first kappa shape index (κ1) is 13.8. The highest BCUT2D eigenvalue weighted by Gasteiger charge is 2.36. The van der Waals surface area contributed by atoms with Crippen molar-refractivity contribution in [1.82, 2.24) is 15.1 Å². The summed E-state index contributed by atoms with van der Waals surface area (Å²) >= 11 is 0. The number of nitriles is 1. The topological polar surface area (TPSA) is 114 Å². The third-order valence-corrected chi connectivity index (χ3v) is 2.60. The van der Waals surface area contributed by atoms with E-state index in [9.17, 15) is 14.4 Å². The molecule has 0 aromatic carbocycles. The Balaban J connectivity index is 2.75. The van der Waals surface area contributed by atoms with Crippen LogP contribution in [0.1, 0.15) is 6.42 Å². The molecule has 1 unspecified atom stereocenters. The van der Waals surface area contributed by atoms with Gasteiger partial charge < -0.3 is 15.3 Å². The second kappa shape index (κ2) is 5.86. The molecule has 1 aliphatic rings. The minimum absolute atomic E-state index is 0.105. The van der Waals surface area contributed by atoms with Gasteiger partial charge in [0, 0.05) is 20.1 Å². The number of rotatable bonds is 3. The quantitative estimate of drug-likeness (QED) is 0.659. The summed E-state index contributed by atoms with van der Waals surface area (Å²) in [5, 5.41) is 19.8. The zero-order chi connectivity index (χ0) is 13.7. The number of carbonyl (C=O) groups excluding carboxylic acids is 2. The molecular weight excluding hydrogens is 240 g/mol. The number of carboxylic acids is 1. The third kappa shape index (κ3) is 3.10. The molecule has 8 heteroatoms. The number of hydrogen-bond acceptors (Lipinski definition) is 4. The number of nitrogens with zero attached hydrogens (tertiary/aromatic N) is 3. The molecule has 0 aliphatic carbocycles. The van der Waals surface area contributed by atoms with Crippen LogP contribution in [0.3, 0.4) is 0 Å². The predicted molar refractivity (Wildman–Crippen MR) is 59.4 cm³/mol. The molecule has 0 spiro atoms. The maximum atomic E-state index is 12.0. The molecule has 98 valence electrons. The first-order valence-electron chi connectivity index (χ1n) is 5.35. The monoisotopic (exact) mass is 254 g/mol. The zero-order valence-electron chi connectivity index (χ0n) is 9.92. The molecule has 1 aliphatic heterocycles. The van der Waals surface area contributed by atoms with Gasteiger partial charge in [-0.2, -0.15) is 5.26 Å². The molecule has 18 heavy (non-hydrogen) atoms. The Labute approximate surface area is 104 Å². The second-order valence-electron chi connectivity index (χ2n) is 3.90. The molecule has 1 rings (SSSR count). The number of nitrogens with one attached hydrogen (secondary N) is 1. The fourth-order valence-corrected chi connectivity index (χ4v) is 1.60. The highest BCUT2D eigenvalue weighted by atomic mass is 16.4. The minimum Gasteiger partial charge on any atom is -0.480 e. The van der Waals surface area contributed by atoms with Crippen molar-refractivity contribution in [2.75, 3.05) is 26.7 Å². The zero-order valence-corrected chi connectivity index (χ0v) is 9.92. The van der Waals surface area contributed by atoms with E-state index in [1.165, 1.54) is 11.9 Å². The number of carboxylic acid groups (broad SMARTS) is 1. The summed E-state index contributed by atoms with van der Waals surface area (Å²) in [4.78, 5) is 36.4. The Bertz CT molecular complexity index is 403. The van der Waals surface area contributed by atoms with Gasteiger partial charge in [0.2, 0.25) is 5.91 Å². The summed E-state index contributed by atoms with van der Waals surface area (Å²) in [5.41, 5.74) is 0. The predicted octanol–water partition coefficient (Wildman–Crippen LogP) is -1.16. The Morgan fingerprint density at radius 2 is 2.33 bits per heavy atom. The average molecular weight is 254 g/mol. The molecule has 2 N–H and O–H groups in total. The lowest BCUT2D eigenvalue weighted by Crippen LogP contribution is -2.61. The smallest absolute Gasteiger partial charge is 0.328 e. The van der Waals surface area contributed by atoms with Crippen LogP contribution in [0.4, 0.5) is 4.79 Å². The molecule has 1 atom stereocenters. The van der Waals surface area contributed by atoms with Gasteiger partial charge >= 0.3 is 12.0 Å². The van der Waals surface area contributed by atoms with Gasteiger partial charge in [0.15, 0.2) is 0 Å². The second-order valence-corrected chi connectivity index (χ2v) is 3.90. The Morgan fingerprint density at radius 3 is 2.89 bits per heavy atom. The lowest BCUT2D eigenvalue weighted by molar-refractivity contribution is -0.144. The van der Waals surface area contributed by atoms with Gasteiger partial charge in [-0.25, -0.2) is 9.59 Å². The molecule has 3 amide bonds. The Kier molecular flexibility index (Phi) is 4.48. The number of amides is 3. The normalized spacial score (nSPS) is 18.8. The van der Waals surface area contributed by atoms with E-state index < -0.39 is 23.9 Å². The van der Waals surface area contributed by atoms with Crippen LogP contribution in [0, 0.1) is 11.3 Å². The summed E-state index contributed by atoms with van der Waals surface area (Å²) in [6.45, 7) is -0.196. The number of urea groups is 1.